The summed E-state index contributed by atoms with van der Waals surface area (Å²) in [5.41, 5.74) is 0.595. The van der Waals surface area contributed by atoms with Crippen LogP contribution in [0.15, 0.2) is 40.2 Å². The fourth-order valence-corrected chi connectivity index (χ4v) is 2.46. The van der Waals surface area contributed by atoms with Crippen LogP contribution in [0.5, 0.6) is 0 Å². The zero-order valence-corrected chi connectivity index (χ0v) is 11.9. The van der Waals surface area contributed by atoms with Crippen LogP contribution in [-0.4, -0.2) is 5.91 Å². The monoisotopic (exact) mass is 329 g/mol. The van der Waals surface area contributed by atoms with E-state index in [0.29, 0.717) is 17.1 Å². The summed E-state index contributed by atoms with van der Waals surface area (Å²) in [5, 5.41) is 5.44. The molecule has 1 aromatic carbocycles. The van der Waals surface area contributed by atoms with E-state index in [1.54, 1.807) is 29.5 Å². The van der Waals surface area contributed by atoms with Gasteiger partial charge in [0, 0.05) is 14.9 Å². The second kappa shape index (κ2) is 5.67. The molecule has 0 aliphatic rings. The van der Waals surface area contributed by atoms with E-state index in [-0.39, 0.29) is 5.91 Å². The van der Waals surface area contributed by atoms with Crippen molar-refractivity contribution >= 4 is 44.8 Å². The maximum atomic E-state index is 11.8. The summed E-state index contributed by atoms with van der Waals surface area (Å²) >= 11 is 10.8. The second-order valence-electron chi connectivity index (χ2n) is 3.39. The molecule has 88 valence electrons. The van der Waals surface area contributed by atoms with Crippen LogP contribution in [0.1, 0.15) is 15.2 Å². The first kappa shape index (κ1) is 12.6. The highest BCUT2D eigenvalue weighted by atomic mass is 79.9. The first-order chi connectivity index (χ1) is 8.16. The average Bonchev–Trinajstić information content (AvgIpc) is 2.82. The summed E-state index contributed by atoms with van der Waals surface area (Å²) in [7, 11) is 0. The molecule has 0 aliphatic heterocycles. The van der Waals surface area contributed by atoms with Crippen LogP contribution in [0.2, 0.25) is 5.02 Å². The van der Waals surface area contributed by atoms with Crippen molar-refractivity contribution in [2.45, 2.75) is 6.54 Å². The van der Waals surface area contributed by atoms with Crippen molar-refractivity contribution in [2.75, 3.05) is 0 Å². The molecule has 0 bridgehead atoms. The van der Waals surface area contributed by atoms with Gasteiger partial charge in [0.05, 0.1) is 11.6 Å². The maximum Gasteiger partial charge on any atom is 0.251 e. The molecule has 0 fully saturated rings. The Labute approximate surface area is 117 Å². The summed E-state index contributed by atoms with van der Waals surface area (Å²) in [6, 6.07) is 9.07. The van der Waals surface area contributed by atoms with E-state index in [1.807, 2.05) is 17.5 Å². The van der Waals surface area contributed by atoms with E-state index in [4.69, 9.17) is 11.6 Å². The Hall–Kier alpha value is -0.840. The van der Waals surface area contributed by atoms with Gasteiger partial charge in [-0.3, -0.25) is 4.79 Å². The zero-order chi connectivity index (χ0) is 12.3. The fraction of sp³-hybridized carbons (Fsp3) is 0.0833. The molecule has 0 atom stereocenters. The molecular formula is C12H9BrClNOS. The lowest BCUT2D eigenvalue weighted by molar-refractivity contribution is 0.0951. The van der Waals surface area contributed by atoms with Crippen molar-refractivity contribution in [2.24, 2.45) is 0 Å². The van der Waals surface area contributed by atoms with Gasteiger partial charge in [-0.1, -0.05) is 17.7 Å². The number of benzene rings is 1. The molecule has 2 nitrogen and oxygen atoms in total. The van der Waals surface area contributed by atoms with Crippen molar-refractivity contribution in [1.29, 1.82) is 0 Å². The van der Waals surface area contributed by atoms with E-state index in [0.717, 1.165) is 9.35 Å². The van der Waals surface area contributed by atoms with Crippen LogP contribution in [0.4, 0.5) is 0 Å². The standard InChI is InChI=1S/C12H9BrClNOS/c13-10-6-8(3-4-11(10)14)12(16)15-7-9-2-1-5-17-9/h1-6H,7H2,(H,15,16). The van der Waals surface area contributed by atoms with Gasteiger partial charge < -0.3 is 5.32 Å². The number of rotatable bonds is 3. The van der Waals surface area contributed by atoms with Crippen LogP contribution in [-0.2, 0) is 6.54 Å². The summed E-state index contributed by atoms with van der Waals surface area (Å²) < 4.78 is 0.725. The molecule has 2 rings (SSSR count). The molecule has 0 radical (unpaired) electrons. The highest BCUT2D eigenvalue weighted by Gasteiger charge is 2.07. The first-order valence-corrected chi connectivity index (χ1v) is 6.97. The summed E-state index contributed by atoms with van der Waals surface area (Å²) in [4.78, 5) is 13.0. The number of amides is 1. The van der Waals surface area contributed by atoms with Crippen LogP contribution < -0.4 is 5.32 Å². The van der Waals surface area contributed by atoms with Crippen molar-refractivity contribution < 1.29 is 4.79 Å². The van der Waals surface area contributed by atoms with E-state index in [2.05, 4.69) is 21.2 Å². The molecule has 1 N–H and O–H groups in total. The van der Waals surface area contributed by atoms with E-state index < -0.39 is 0 Å². The van der Waals surface area contributed by atoms with Gasteiger partial charge in [0.1, 0.15) is 0 Å². The number of carbonyl (C=O) groups excluding carboxylic acids is 1. The molecule has 0 unspecified atom stereocenters. The van der Waals surface area contributed by atoms with Crippen molar-refractivity contribution in [3.63, 3.8) is 0 Å². The van der Waals surface area contributed by atoms with Crippen LogP contribution in [0, 0.1) is 0 Å². The van der Waals surface area contributed by atoms with E-state index >= 15 is 0 Å². The molecule has 0 aliphatic carbocycles. The predicted molar refractivity (Wildman–Crippen MR) is 74.6 cm³/mol. The lowest BCUT2D eigenvalue weighted by Gasteiger charge is -2.04. The summed E-state index contributed by atoms with van der Waals surface area (Å²) in [5.74, 6) is -0.101. The molecular weight excluding hydrogens is 322 g/mol. The minimum atomic E-state index is -0.101. The Morgan fingerprint density at radius 1 is 1.41 bits per heavy atom. The third-order valence-corrected chi connectivity index (χ3v) is 4.28. The van der Waals surface area contributed by atoms with Crippen molar-refractivity contribution in [3.05, 3.63) is 55.6 Å². The average molecular weight is 331 g/mol. The quantitative estimate of drug-likeness (QED) is 0.902. The van der Waals surface area contributed by atoms with Gasteiger partial charge in [-0.05, 0) is 45.6 Å². The van der Waals surface area contributed by atoms with E-state index in [9.17, 15) is 4.79 Å². The van der Waals surface area contributed by atoms with E-state index in [1.165, 1.54) is 0 Å². The van der Waals surface area contributed by atoms with Gasteiger partial charge in [0.25, 0.3) is 5.91 Å². The molecule has 17 heavy (non-hydrogen) atoms. The largest absolute Gasteiger partial charge is 0.347 e. The number of hydrogen-bond acceptors (Lipinski definition) is 2. The number of carbonyl (C=O) groups is 1. The highest BCUT2D eigenvalue weighted by Crippen LogP contribution is 2.23. The molecule has 5 heteroatoms. The molecule has 1 amide bonds. The van der Waals surface area contributed by atoms with Gasteiger partial charge in [-0.2, -0.15) is 0 Å². The van der Waals surface area contributed by atoms with Gasteiger partial charge in [0.15, 0.2) is 0 Å². The Morgan fingerprint density at radius 3 is 2.88 bits per heavy atom. The smallest absolute Gasteiger partial charge is 0.251 e. The Balaban J connectivity index is 2.02. The molecule has 1 aromatic heterocycles. The first-order valence-electron chi connectivity index (χ1n) is 4.92. The normalized spacial score (nSPS) is 10.2. The minimum absolute atomic E-state index is 0.101. The summed E-state index contributed by atoms with van der Waals surface area (Å²) in [6.07, 6.45) is 0. The fourth-order valence-electron chi connectivity index (χ4n) is 1.32. The van der Waals surface area contributed by atoms with Crippen LogP contribution in [0.3, 0.4) is 0 Å². The van der Waals surface area contributed by atoms with Gasteiger partial charge in [-0.15, -0.1) is 11.3 Å². The predicted octanol–water partition coefficient (Wildman–Crippen LogP) is 4.09. The summed E-state index contributed by atoms with van der Waals surface area (Å²) in [6.45, 7) is 0.552. The molecule has 1 heterocycles. The highest BCUT2D eigenvalue weighted by molar-refractivity contribution is 9.10. The van der Waals surface area contributed by atoms with Crippen molar-refractivity contribution in [1.82, 2.24) is 5.32 Å². The number of nitrogens with one attached hydrogen (secondary N) is 1. The van der Waals surface area contributed by atoms with Gasteiger partial charge in [0.2, 0.25) is 0 Å². The molecule has 2 aromatic rings. The lowest BCUT2D eigenvalue weighted by Crippen LogP contribution is -2.22. The zero-order valence-electron chi connectivity index (χ0n) is 8.74. The Morgan fingerprint density at radius 2 is 2.24 bits per heavy atom. The minimum Gasteiger partial charge on any atom is -0.347 e. The third-order valence-electron chi connectivity index (χ3n) is 2.19. The maximum absolute atomic E-state index is 11.8. The van der Waals surface area contributed by atoms with Crippen LogP contribution in [0.25, 0.3) is 0 Å². The Kier molecular flexibility index (Phi) is 4.20. The third kappa shape index (κ3) is 3.31. The van der Waals surface area contributed by atoms with Crippen LogP contribution >= 0.6 is 38.9 Å². The topological polar surface area (TPSA) is 29.1 Å². The van der Waals surface area contributed by atoms with Gasteiger partial charge in [-0.25, -0.2) is 0 Å². The van der Waals surface area contributed by atoms with Gasteiger partial charge >= 0.3 is 0 Å². The SMILES string of the molecule is O=C(NCc1cccs1)c1ccc(Cl)c(Br)c1. The lowest BCUT2D eigenvalue weighted by atomic mass is 10.2. The number of thiophene rings is 1. The molecule has 0 saturated carbocycles. The number of halogens is 2. The molecule has 0 saturated heterocycles. The molecule has 0 spiro atoms. The number of hydrogen-bond donors (Lipinski definition) is 1. The Bertz CT molecular complexity index is 527. The van der Waals surface area contributed by atoms with Crippen molar-refractivity contribution in [3.8, 4) is 0 Å². The second-order valence-corrected chi connectivity index (χ2v) is 5.68.